The van der Waals surface area contributed by atoms with Gasteiger partial charge in [0.1, 0.15) is 0 Å². The van der Waals surface area contributed by atoms with Gasteiger partial charge in [-0.3, -0.25) is 4.55 Å². The molecule has 0 amide bonds. The Morgan fingerprint density at radius 3 is 2.15 bits per heavy atom. The topological polar surface area (TPSA) is 54.4 Å². The summed E-state index contributed by atoms with van der Waals surface area (Å²) < 4.78 is 28.9. The van der Waals surface area contributed by atoms with Gasteiger partial charge in [-0.25, -0.2) is 0 Å². The predicted molar refractivity (Wildman–Crippen MR) is 47.0 cm³/mol. The second-order valence-corrected chi connectivity index (χ2v) is 3.53. The first-order chi connectivity index (χ1) is 5.58. The monoisotopic (exact) mass is 248 g/mol. The predicted octanol–water partition coefficient (Wildman–Crippen LogP) is 1.54. The Kier molecular flexibility index (Phi) is 5.07. The number of benzene rings is 1. The van der Waals surface area contributed by atoms with E-state index in [1.165, 1.54) is 6.08 Å². The summed E-state index contributed by atoms with van der Waals surface area (Å²) in [7, 11) is -4.00. The molecule has 13 heavy (non-hydrogen) atoms. The summed E-state index contributed by atoms with van der Waals surface area (Å²) in [5.74, 6) is 0. The van der Waals surface area contributed by atoms with Crippen LogP contribution < -0.4 is 0 Å². The molecule has 3 nitrogen and oxygen atoms in total. The van der Waals surface area contributed by atoms with Gasteiger partial charge in [0, 0.05) is 19.5 Å². The van der Waals surface area contributed by atoms with Crippen LogP contribution >= 0.6 is 0 Å². The van der Waals surface area contributed by atoms with Crippen LogP contribution in [0.2, 0.25) is 0 Å². The molecule has 1 rings (SSSR count). The van der Waals surface area contributed by atoms with Crippen LogP contribution in [0.25, 0.3) is 6.08 Å². The van der Waals surface area contributed by atoms with E-state index in [0.717, 1.165) is 11.0 Å². The molecule has 0 unspecified atom stereocenters. The van der Waals surface area contributed by atoms with Gasteiger partial charge in [0.05, 0.1) is 5.41 Å². The van der Waals surface area contributed by atoms with Crippen molar-refractivity contribution in [3.05, 3.63) is 41.3 Å². The van der Waals surface area contributed by atoms with Crippen LogP contribution in [0.4, 0.5) is 0 Å². The molecule has 0 aliphatic carbocycles. The standard InChI is InChI=1S/C8H8O3S.Zn/c9-12(10,11)7-6-8-4-2-1-3-5-8;/h1-7H,(H,9,10,11);. The fraction of sp³-hybridized carbons (Fsp3) is 0. The summed E-state index contributed by atoms with van der Waals surface area (Å²) in [6.07, 6.45) is 1.33. The molecule has 1 aromatic carbocycles. The second kappa shape index (κ2) is 5.27. The van der Waals surface area contributed by atoms with E-state index in [0.29, 0.717) is 0 Å². The molecule has 66 valence electrons. The molecule has 0 saturated heterocycles. The molecule has 5 heteroatoms. The smallest absolute Gasteiger partial charge is 0.282 e. The van der Waals surface area contributed by atoms with Gasteiger partial charge in [0.15, 0.2) is 0 Å². The van der Waals surface area contributed by atoms with Gasteiger partial charge in [0.2, 0.25) is 0 Å². The van der Waals surface area contributed by atoms with E-state index in [2.05, 4.69) is 0 Å². The van der Waals surface area contributed by atoms with E-state index in [1.807, 2.05) is 6.07 Å². The van der Waals surface area contributed by atoms with Crippen molar-refractivity contribution in [3.63, 3.8) is 0 Å². The van der Waals surface area contributed by atoms with Crippen LogP contribution in [0.5, 0.6) is 0 Å². The van der Waals surface area contributed by atoms with E-state index in [9.17, 15) is 8.42 Å². The van der Waals surface area contributed by atoms with Crippen LogP contribution in [0, 0.1) is 0 Å². The minimum atomic E-state index is -4.00. The fourth-order valence-corrected chi connectivity index (χ4v) is 1.06. The molecule has 0 atom stereocenters. The normalized spacial score (nSPS) is 11.2. The van der Waals surface area contributed by atoms with E-state index in [-0.39, 0.29) is 19.5 Å². The molecule has 1 N–H and O–H groups in total. The van der Waals surface area contributed by atoms with Crippen molar-refractivity contribution in [3.8, 4) is 0 Å². The number of hydrogen-bond acceptors (Lipinski definition) is 2. The molecule has 0 heterocycles. The van der Waals surface area contributed by atoms with Gasteiger partial charge in [-0.05, 0) is 11.6 Å². The fourth-order valence-electron chi connectivity index (χ4n) is 0.729. The maximum Gasteiger partial charge on any atom is 0.287 e. The zero-order valence-electron chi connectivity index (χ0n) is 6.92. The summed E-state index contributed by atoms with van der Waals surface area (Å²) in [5.41, 5.74) is 0.732. The average molecular weight is 250 g/mol. The van der Waals surface area contributed by atoms with E-state index < -0.39 is 10.1 Å². The van der Waals surface area contributed by atoms with Crippen LogP contribution in [-0.2, 0) is 29.6 Å². The van der Waals surface area contributed by atoms with Gasteiger partial charge >= 0.3 is 0 Å². The van der Waals surface area contributed by atoms with Crippen LogP contribution in [0.15, 0.2) is 35.7 Å². The molecular formula is C8H8O3SZn. The van der Waals surface area contributed by atoms with Crippen molar-refractivity contribution in [2.75, 3.05) is 0 Å². The summed E-state index contributed by atoms with van der Waals surface area (Å²) in [6.45, 7) is 0. The van der Waals surface area contributed by atoms with E-state index >= 15 is 0 Å². The van der Waals surface area contributed by atoms with Gasteiger partial charge in [-0.15, -0.1) is 0 Å². The Morgan fingerprint density at radius 2 is 1.69 bits per heavy atom. The number of rotatable bonds is 2. The molecule has 0 aromatic heterocycles. The summed E-state index contributed by atoms with van der Waals surface area (Å²) in [4.78, 5) is 0. The van der Waals surface area contributed by atoms with Crippen LogP contribution in [0.1, 0.15) is 5.56 Å². The van der Waals surface area contributed by atoms with Crippen molar-refractivity contribution in [1.29, 1.82) is 0 Å². The van der Waals surface area contributed by atoms with Gasteiger partial charge in [0.25, 0.3) is 10.1 Å². The third kappa shape index (κ3) is 5.69. The molecule has 0 radical (unpaired) electrons. The number of hydrogen-bond donors (Lipinski definition) is 1. The van der Waals surface area contributed by atoms with Crippen molar-refractivity contribution in [2.24, 2.45) is 0 Å². The first kappa shape index (κ1) is 12.5. The SMILES string of the molecule is O=S(=O)(O)C=Cc1ccccc1.[Zn]. The van der Waals surface area contributed by atoms with Crippen molar-refractivity contribution >= 4 is 16.2 Å². The largest absolute Gasteiger partial charge is 0.287 e. The molecule has 0 bridgehead atoms. The third-order valence-electron chi connectivity index (χ3n) is 1.23. The zero-order chi connectivity index (χ0) is 9.03. The Bertz CT molecular complexity index is 370. The Labute approximate surface area is 90.0 Å². The maximum absolute atomic E-state index is 10.3. The molecule has 0 aliphatic rings. The first-order valence-corrected chi connectivity index (χ1v) is 4.79. The van der Waals surface area contributed by atoms with Gasteiger partial charge in [-0.2, -0.15) is 8.42 Å². The van der Waals surface area contributed by atoms with Gasteiger partial charge in [-0.1, -0.05) is 30.3 Å². The van der Waals surface area contributed by atoms with Crippen molar-refractivity contribution < 1.29 is 32.4 Å². The first-order valence-electron chi connectivity index (χ1n) is 3.28. The van der Waals surface area contributed by atoms with E-state index in [1.54, 1.807) is 24.3 Å². The van der Waals surface area contributed by atoms with Crippen molar-refractivity contribution in [2.45, 2.75) is 0 Å². The van der Waals surface area contributed by atoms with Crippen molar-refractivity contribution in [1.82, 2.24) is 0 Å². The Hall–Kier alpha value is -0.507. The molecule has 0 aliphatic heterocycles. The van der Waals surface area contributed by atoms with Crippen LogP contribution in [0.3, 0.4) is 0 Å². The second-order valence-electron chi connectivity index (χ2n) is 2.23. The minimum absolute atomic E-state index is 0. The quantitative estimate of drug-likeness (QED) is 0.639. The Morgan fingerprint density at radius 1 is 1.15 bits per heavy atom. The summed E-state index contributed by atoms with van der Waals surface area (Å²) in [5, 5.41) is 0.752. The zero-order valence-corrected chi connectivity index (χ0v) is 10.7. The Balaban J connectivity index is 0.00000144. The molecule has 0 spiro atoms. The molecule has 0 fully saturated rings. The summed E-state index contributed by atoms with van der Waals surface area (Å²) in [6, 6.07) is 8.86. The average Bonchev–Trinajstić information content (AvgIpc) is 2.02. The maximum atomic E-state index is 10.3. The van der Waals surface area contributed by atoms with E-state index in [4.69, 9.17) is 4.55 Å². The molecular weight excluding hydrogens is 242 g/mol. The minimum Gasteiger partial charge on any atom is -0.282 e. The third-order valence-corrected chi connectivity index (χ3v) is 1.71. The van der Waals surface area contributed by atoms with Crippen LogP contribution in [-0.4, -0.2) is 13.0 Å². The van der Waals surface area contributed by atoms with Gasteiger partial charge < -0.3 is 0 Å². The molecule has 0 saturated carbocycles. The molecule has 1 aromatic rings. The summed E-state index contributed by atoms with van der Waals surface area (Å²) >= 11 is 0.